The van der Waals surface area contributed by atoms with E-state index in [4.69, 9.17) is 16.3 Å². The van der Waals surface area contributed by atoms with Crippen LogP contribution in [0.1, 0.15) is 18.4 Å². The monoisotopic (exact) mass is 328 g/mol. The highest BCUT2D eigenvalue weighted by molar-refractivity contribution is 7.98. The minimum Gasteiger partial charge on any atom is -0.376 e. The summed E-state index contributed by atoms with van der Waals surface area (Å²) in [4.78, 5) is 0. The van der Waals surface area contributed by atoms with Gasteiger partial charge in [-0.05, 0) is 35.4 Å². The zero-order chi connectivity index (χ0) is 14.7. The summed E-state index contributed by atoms with van der Waals surface area (Å²) in [6.45, 7) is 1.42. The highest BCUT2D eigenvalue weighted by Crippen LogP contribution is 2.27. The smallest absolute Gasteiger partial charge is 0.209 e. The first kappa shape index (κ1) is 14.7. The van der Waals surface area contributed by atoms with Gasteiger partial charge in [-0.25, -0.2) is 9.07 Å². The number of hydrogen-bond donors (Lipinski definition) is 0. The van der Waals surface area contributed by atoms with Crippen molar-refractivity contribution in [3.8, 4) is 0 Å². The van der Waals surface area contributed by atoms with Crippen molar-refractivity contribution in [2.75, 3.05) is 6.61 Å². The van der Waals surface area contributed by atoms with Gasteiger partial charge in [-0.15, -0.1) is 5.10 Å². The Morgan fingerprint density at radius 2 is 2.38 bits per heavy atom. The largest absolute Gasteiger partial charge is 0.376 e. The Hall–Kier alpha value is -1.18. The third-order valence-electron chi connectivity index (χ3n) is 3.31. The van der Waals surface area contributed by atoms with Crippen molar-refractivity contribution in [2.24, 2.45) is 0 Å². The lowest BCUT2D eigenvalue weighted by Crippen LogP contribution is -2.16. The van der Waals surface area contributed by atoms with Crippen LogP contribution in [-0.4, -0.2) is 32.9 Å². The van der Waals surface area contributed by atoms with E-state index in [-0.39, 0.29) is 11.9 Å². The van der Waals surface area contributed by atoms with E-state index >= 15 is 0 Å². The van der Waals surface area contributed by atoms with Crippen LogP contribution in [0.15, 0.2) is 23.4 Å². The third-order valence-corrected chi connectivity index (χ3v) is 4.64. The summed E-state index contributed by atoms with van der Waals surface area (Å²) in [6.07, 6.45) is 2.24. The number of ether oxygens (including phenoxy) is 1. The molecule has 0 saturated carbocycles. The highest BCUT2D eigenvalue weighted by Gasteiger charge is 2.19. The predicted molar refractivity (Wildman–Crippen MR) is 77.8 cm³/mol. The van der Waals surface area contributed by atoms with Crippen LogP contribution in [0, 0.1) is 5.82 Å². The summed E-state index contributed by atoms with van der Waals surface area (Å²) in [7, 11) is 0. The van der Waals surface area contributed by atoms with Crippen molar-refractivity contribution in [3.63, 3.8) is 0 Å². The molecular formula is C13H14ClFN4OS. The number of halogens is 2. The predicted octanol–water partition coefficient (Wildman–Crippen LogP) is 2.94. The third kappa shape index (κ3) is 3.53. The van der Waals surface area contributed by atoms with Crippen LogP contribution in [0.3, 0.4) is 0 Å². The van der Waals surface area contributed by atoms with E-state index in [1.165, 1.54) is 17.8 Å². The molecule has 1 aromatic heterocycles. The van der Waals surface area contributed by atoms with E-state index in [0.29, 0.717) is 28.0 Å². The van der Waals surface area contributed by atoms with Crippen molar-refractivity contribution < 1.29 is 9.13 Å². The van der Waals surface area contributed by atoms with E-state index in [1.54, 1.807) is 16.8 Å². The lowest BCUT2D eigenvalue weighted by Gasteiger charge is -2.10. The molecule has 0 N–H and O–H groups in total. The standard InChI is InChI=1S/C13H14ClFN4OS/c14-11-4-1-5-12(15)10(11)8-21-13-16-17-18-19(13)7-9-3-2-6-20-9/h1,4-5,9H,2-3,6-8H2. The Kier molecular flexibility index (Phi) is 4.72. The molecule has 21 heavy (non-hydrogen) atoms. The SMILES string of the molecule is Fc1cccc(Cl)c1CSc1nnnn1CC1CCCO1. The van der Waals surface area contributed by atoms with Crippen LogP contribution in [-0.2, 0) is 17.0 Å². The van der Waals surface area contributed by atoms with Gasteiger partial charge in [0.15, 0.2) is 0 Å². The summed E-state index contributed by atoms with van der Waals surface area (Å²) >= 11 is 7.38. The van der Waals surface area contributed by atoms with Crippen molar-refractivity contribution >= 4 is 23.4 Å². The van der Waals surface area contributed by atoms with Gasteiger partial charge in [-0.3, -0.25) is 0 Å². The van der Waals surface area contributed by atoms with E-state index in [2.05, 4.69) is 15.5 Å². The minimum atomic E-state index is -0.312. The maximum atomic E-state index is 13.7. The average molecular weight is 329 g/mol. The molecule has 8 heteroatoms. The van der Waals surface area contributed by atoms with Gasteiger partial charge in [0.1, 0.15) is 5.82 Å². The van der Waals surface area contributed by atoms with E-state index < -0.39 is 0 Å². The first-order chi connectivity index (χ1) is 10.2. The van der Waals surface area contributed by atoms with E-state index in [0.717, 1.165) is 19.4 Å². The number of rotatable bonds is 5. The number of aromatic nitrogens is 4. The van der Waals surface area contributed by atoms with Crippen molar-refractivity contribution in [3.05, 3.63) is 34.6 Å². The fourth-order valence-corrected chi connectivity index (χ4v) is 3.43. The Labute approximate surface area is 130 Å². The quantitative estimate of drug-likeness (QED) is 0.790. The van der Waals surface area contributed by atoms with Gasteiger partial charge < -0.3 is 4.74 Å². The molecule has 1 unspecified atom stereocenters. The second kappa shape index (κ2) is 6.72. The van der Waals surface area contributed by atoms with Crippen molar-refractivity contribution in [1.29, 1.82) is 0 Å². The molecule has 1 fully saturated rings. The zero-order valence-corrected chi connectivity index (χ0v) is 12.8. The summed E-state index contributed by atoms with van der Waals surface area (Å²) in [5, 5.41) is 12.7. The number of hydrogen-bond acceptors (Lipinski definition) is 5. The van der Waals surface area contributed by atoms with Crippen LogP contribution in [0.25, 0.3) is 0 Å². The summed E-state index contributed by atoms with van der Waals surface area (Å²) in [5.41, 5.74) is 0.468. The van der Waals surface area contributed by atoms with Gasteiger partial charge in [0, 0.05) is 22.9 Å². The van der Waals surface area contributed by atoms with Gasteiger partial charge in [0.2, 0.25) is 5.16 Å². The van der Waals surface area contributed by atoms with Crippen LogP contribution in [0.4, 0.5) is 4.39 Å². The number of benzene rings is 1. The summed E-state index contributed by atoms with van der Waals surface area (Å²) < 4.78 is 21.0. The first-order valence-corrected chi connectivity index (χ1v) is 8.04. The second-order valence-corrected chi connectivity index (χ2v) is 6.12. The topological polar surface area (TPSA) is 52.8 Å². The second-order valence-electron chi connectivity index (χ2n) is 4.77. The maximum absolute atomic E-state index is 13.7. The molecule has 1 aliphatic heterocycles. The molecule has 3 rings (SSSR count). The molecule has 1 saturated heterocycles. The normalized spacial score (nSPS) is 18.3. The van der Waals surface area contributed by atoms with Gasteiger partial charge >= 0.3 is 0 Å². The molecule has 0 bridgehead atoms. The maximum Gasteiger partial charge on any atom is 0.209 e. The number of tetrazole rings is 1. The van der Waals surface area contributed by atoms with Crippen LogP contribution in [0.2, 0.25) is 5.02 Å². The Bertz CT molecular complexity index is 598. The van der Waals surface area contributed by atoms with Crippen molar-refractivity contribution in [2.45, 2.75) is 36.4 Å². The minimum absolute atomic E-state index is 0.157. The Morgan fingerprint density at radius 1 is 1.48 bits per heavy atom. The van der Waals surface area contributed by atoms with E-state index in [1.807, 2.05) is 0 Å². The fraction of sp³-hybridized carbons (Fsp3) is 0.462. The average Bonchev–Trinajstić information content (AvgIpc) is 3.11. The Morgan fingerprint density at radius 3 is 3.14 bits per heavy atom. The lowest BCUT2D eigenvalue weighted by molar-refractivity contribution is 0.0912. The summed E-state index contributed by atoms with van der Waals surface area (Å²) in [5.74, 6) is 0.0744. The van der Waals surface area contributed by atoms with Gasteiger partial charge in [0.05, 0.1) is 12.6 Å². The molecule has 1 atom stereocenters. The first-order valence-electron chi connectivity index (χ1n) is 6.67. The molecule has 2 aromatic rings. The molecule has 0 radical (unpaired) electrons. The fourth-order valence-electron chi connectivity index (χ4n) is 2.20. The summed E-state index contributed by atoms with van der Waals surface area (Å²) in [6, 6.07) is 4.67. The molecule has 0 amide bonds. The molecule has 0 spiro atoms. The zero-order valence-electron chi connectivity index (χ0n) is 11.2. The van der Waals surface area contributed by atoms with E-state index in [9.17, 15) is 4.39 Å². The molecule has 1 aliphatic rings. The van der Waals surface area contributed by atoms with Crippen molar-refractivity contribution in [1.82, 2.24) is 20.2 Å². The Balaban J connectivity index is 1.67. The van der Waals surface area contributed by atoms with Crippen LogP contribution < -0.4 is 0 Å². The molecular weight excluding hydrogens is 315 g/mol. The van der Waals surface area contributed by atoms with Crippen LogP contribution in [0.5, 0.6) is 0 Å². The number of nitrogens with zero attached hydrogens (tertiary/aromatic N) is 4. The van der Waals surface area contributed by atoms with Gasteiger partial charge in [-0.1, -0.05) is 29.4 Å². The highest BCUT2D eigenvalue weighted by atomic mass is 35.5. The molecule has 112 valence electrons. The molecule has 0 aliphatic carbocycles. The number of thioether (sulfide) groups is 1. The van der Waals surface area contributed by atoms with Gasteiger partial charge in [-0.2, -0.15) is 0 Å². The molecule has 2 heterocycles. The molecule has 1 aromatic carbocycles. The molecule has 5 nitrogen and oxygen atoms in total. The lowest BCUT2D eigenvalue weighted by atomic mass is 10.2. The van der Waals surface area contributed by atoms with Gasteiger partial charge in [0.25, 0.3) is 0 Å². The van der Waals surface area contributed by atoms with Crippen LogP contribution >= 0.6 is 23.4 Å².